The molecule has 14 heavy (non-hydrogen) atoms. The van der Waals surface area contributed by atoms with Crippen molar-refractivity contribution in [2.24, 2.45) is 0 Å². The zero-order valence-corrected chi connectivity index (χ0v) is 8.26. The maximum absolute atomic E-state index is 12.9. The number of hydrogen-bond donors (Lipinski definition) is 1. The van der Waals surface area contributed by atoms with Crippen LogP contribution in [-0.2, 0) is 0 Å². The molecule has 0 aliphatic carbocycles. The zero-order valence-electron chi connectivity index (χ0n) is 8.26. The summed E-state index contributed by atoms with van der Waals surface area (Å²) < 4.78 is 12.9. The second-order valence-electron chi connectivity index (χ2n) is 3.07. The molecule has 74 valence electrons. The van der Waals surface area contributed by atoms with Gasteiger partial charge in [0, 0.05) is 12.5 Å². The highest BCUT2D eigenvalue weighted by Crippen LogP contribution is 2.16. The molecule has 0 fully saturated rings. The van der Waals surface area contributed by atoms with Crippen molar-refractivity contribution in [1.29, 1.82) is 0 Å². The van der Waals surface area contributed by atoms with Crippen LogP contribution in [0.3, 0.4) is 0 Å². The van der Waals surface area contributed by atoms with Gasteiger partial charge in [0.15, 0.2) is 0 Å². The van der Waals surface area contributed by atoms with Gasteiger partial charge in [0.1, 0.15) is 5.82 Å². The molecule has 0 bridgehead atoms. The van der Waals surface area contributed by atoms with Crippen molar-refractivity contribution in [3.63, 3.8) is 0 Å². The molecule has 0 amide bonds. The van der Waals surface area contributed by atoms with Crippen molar-refractivity contribution < 1.29 is 4.39 Å². The van der Waals surface area contributed by atoms with Gasteiger partial charge in [0.2, 0.25) is 0 Å². The van der Waals surface area contributed by atoms with Crippen LogP contribution >= 0.6 is 0 Å². The van der Waals surface area contributed by atoms with Crippen LogP contribution in [0.4, 0.5) is 4.39 Å². The van der Waals surface area contributed by atoms with Crippen LogP contribution in [0.2, 0.25) is 0 Å². The van der Waals surface area contributed by atoms with E-state index in [1.807, 2.05) is 13.0 Å². The number of rotatable bonds is 4. The van der Waals surface area contributed by atoms with Crippen molar-refractivity contribution in [1.82, 2.24) is 5.32 Å². The molecule has 0 saturated carbocycles. The van der Waals surface area contributed by atoms with E-state index in [-0.39, 0.29) is 11.9 Å². The van der Waals surface area contributed by atoms with E-state index in [0.29, 0.717) is 6.42 Å². The predicted octanol–water partition coefficient (Wildman–Crippen LogP) is 2.50. The highest BCUT2D eigenvalue weighted by Gasteiger charge is 2.08. The van der Waals surface area contributed by atoms with Gasteiger partial charge in [-0.05, 0) is 24.2 Å². The Morgan fingerprint density at radius 3 is 2.93 bits per heavy atom. The number of nitrogens with one attached hydrogen (secondary N) is 1. The fourth-order valence-corrected chi connectivity index (χ4v) is 1.40. The number of halogens is 1. The van der Waals surface area contributed by atoms with Crippen molar-refractivity contribution in [2.45, 2.75) is 19.4 Å². The van der Waals surface area contributed by atoms with Crippen LogP contribution in [0.15, 0.2) is 24.3 Å². The van der Waals surface area contributed by atoms with Crippen molar-refractivity contribution in [3.8, 4) is 12.3 Å². The summed E-state index contributed by atoms with van der Waals surface area (Å²) in [5.74, 6) is 2.37. The van der Waals surface area contributed by atoms with Crippen molar-refractivity contribution >= 4 is 0 Å². The first-order valence-electron chi connectivity index (χ1n) is 4.70. The SMILES string of the molecule is C#CCC(NCC)c1cccc(F)c1. The molecule has 1 aromatic rings. The lowest BCUT2D eigenvalue weighted by Crippen LogP contribution is -2.20. The molecule has 1 rings (SSSR count). The standard InChI is InChI=1S/C12H14FN/c1-3-6-12(14-4-2)10-7-5-8-11(13)9-10/h1,5,7-9,12,14H,4,6H2,2H3. The Kier molecular flexibility index (Phi) is 4.15. The summed E-state index contributed by atoms with van der Waals surface area (Å²) in [6, 6.07) is 6.59. The second-order valence-corrected chi connectivity index (χ2v) is 3.07. The molecule has 0 aliphatic rings. The van der Waals surface area contributed by atoms with E-state index in [2.05, 4.69) is 11.2 Å². The van der Waals surface area contributed by atoms with Gasteiger partial charge in [0.05, 0.1) is 0 Å². The van der Waals surface area contributed by atoms with Crippen LogP contribution in [0.25, 0.3) is 0 Å². The van der Waals surface area contributed by atoms with Crippen LogP contribution < -0.4 is 5.32 Å². The summed E-state index contributed by atoms with van der Waals surface area (Å²) in [7, 11) is 0. The van der Waals surface area contributed by atoms with Crippen molar-refractivity contribution in [2.75, 3.05) is 6.54 Å². The monoisotopic (exact) mass is 191 g/mol. The molecular weight excluding hydrogens is 177 g/mol. The Morgan fingerprint density at radius 2 is 2.36 bits per heavy atom. The first kappa shape index (κ1) is 10.7. The van der Waals surface area contributed by atoms with E-state index >= 15 is 0 Å². The number of terminal acetylenes is 1. The average molecular weight is 191 g/mol. The molecule has 0 aliphatic heterocycles. The Bertz CT molecular complexity index is 327. The van der Waals surface area contributed by atoms with Crippen LogP contribution in [0, 0.1) is 18.2 Å². The van der Waals surface area contributed by atoms with E-state index in [0.717, 1.165) is 12.1 Å². The molecular formula is C12H14FN. The molecule has 0 radical (unpaired) electrons. The summed E-state index contributed by atoms with van der Waals surface area (Å²) in [6.07, 6.45) is 5.83. The summed E-state index contributed by atoms with van der Waals surface area (Å²) in [5, 5.41) is 3.22. The number of benzene rings is 1. The van der Waals surface area contributed by atoms with E-state index in [4.69, 9.17) is 6.42 Å². The van der Waals surface area contributed by atoms with Gasteiger partial charge in [-0.25, -0.2) is 4.39 Å². The molecule has 1 aromatic carbocycles. The van der Waals surface area contributed by atoms with Gasteiger partial charge < -0.3 is 5.32 Å². The van der Waals surface area contributed by atoms with Gasteiger partial charge >= 0.3 is 0 Å². The molecule has 1 nitrogen and oxygen atoms in total. The highest BCUT2D eigenvalue weighted by atomic mass is 19.1. The largest absolute Gasteiger partial charge is 0.309 e. The first-order chi connectivity index (χ1) is 6.77. The molecule has 1 unspecified atom stereocenters. The Hall–Kier alpha value is -1.33. The Morgan fingerprint density at radius 1 is 1.57 bits per heavy atom. The lowest BCUT2D eigenvalue weighted by atomic mass is 10.0. The summed E-state index contributed by atoms with van der Waals surface area (Å²) >= 11 is 0. The minimum atomic E-state index is -0.220. The summed E-state index contributed by atoms with van der Waals surface area (Å²) in [4.78, 5) is 0. The van der Waals surface area contributed by atoms with E-state index in [1.54, 1.807) is 6.07 Å². The normalized spacial score (nSPS) is 12.1. The van der Waals surface area contributed by atoms with Gasteiger partial charge in [-0.3, -0.25) is 0 Å². The third kappa shape index (κ3) is 2.86. The van der Waals surface area contributed by atoms with E-state index in [9.17, 15) is 4.39 Å². The first-order valence-corrected chi connectivity index (χ1v) is 4.70. The minimum absolute atomic E-state index is 0.0562. The number of hydrogen-bond acceptors (Lipinski definition) is 1. The fourth-order valence-electron chi connectivity index (χ4n) is 1.40. The lowest BCUT2D eigenvalue weighted by Gasteiger charge is -2.15. The van der Waals surface area contributed by atoms with Gasteiger partial charge in [-0.15, -0.1) is 12.3 Å². The maximum Gasteiger partial charge on any atom is 0.123 e. The maximum atomic E-state index is 12.9. The van der Waals surface area contributed by atoms with Crippen molar-refractivity contribution in [3.05, 3.63) is 35.6 Å². The van der Waals surface area contributed by atoms with Crippen LogP contribution in [-0.4, -0.2) is 6.54 Å². The minimum Gasteiger partial charge on any atom is -0.309 e. The molecule has 0 spiro atoms. The molecule has 0 heterocycles. The third-order valence-electron chi connectivity index (χ3n) is 2.02. The van der Waals surface area contributed by atoms with Gasteiger partial charge in [-0.1, -0.05) is 19.1 Å². The van der Waals surface area contributed by atoms with Crippen LogP contribution in [0.1, 0.15) is 24.9 Å². The summed E-state index contributed by atoms with van der Waals surface area (Å²) in [5.41, 5.74) is 0.907. The molecule has 2 heteroatoms. The van der Waals surface area contributed by atoms with Gasteiger partial charge in [0.25, 0.3) is 0 Å². The Labute approximate surface area is 84.3 Å². The van der Waals surface area contributed by atoms with E-state index in [1.165, 1.54) is 12.1 Å². The molecule has 1 N–H and O–H groups in total. The third-order valence-corrected chi connectivity index (χ3v) is 2.02. The average Bonchev–Trinajstić information content (AvgIpc) is 2.17. The quantitative estimate of drug-likeness (QED) is 0.721. The van der Waals surface area contributed by atoms with Crippen LogP contribution in [0.5, 0.6) is 0 Å². The summed E-state index contributed by atoms with van der Waals surface area (Å²) in [6.45, 7) is 2.83. The smallest absolute Gasteiger partial charge is 0.123 e. The highest BCUT2D eigenvalue weighted by molar-refractivity contribution is 5.21. The van der Waals surface area contributed by atoms with E-state index < -0.39 is 0 Å². The lowest BCUT2D eigenvalue weighted by molar-refractivity contribution is 0.556. The zero-order chi connectivity index (χ0) is 10.4. The Balaban J connectivity index is 2.82. The molecule has 0 aromatic heterocycles. The topological polar surface area (TPSA) is 12.0 Å². The molecule has 0 saturated heterocycles. The second kappa shape index (κ2) is 5.41. The van der Waals surface area contributed by atoms with Gasteiger partial charge in [-0.2, -0.15) is 0 Å². The molecule has 1 atom stereocenters. The predicted molar refractivity (Wildman–Crippen MR) is 56.3 cm³/mol. The fraction of sp³-hybridized carbons (Fsp3) is 0.333.